The van der Waals surface area contributed by atoms with Crippen LogP contribution in [0.2, 0.25) is 0 Å². The average molecular weight is 442 g/mol. The summed E-state index contributed by atoms with van der Waals surface area (Å²) in [6, 6.07) is 5.82. The normalized spacial score (nSPS) is 13.3. The fourth-order valence-corrected chi connectivity index (χ4v) is 3.07. The first-order chi connectivity index (χ1) is 15.2. The molecular formula is C21H14F4N6O. The van der Waals surface area contributed by atoms with Gasteiger partial charge in [0.2, 0.25) is 0 Å². The number of aromatic nitrogens is 6. The molecule has 0 aliphatic carbocycles. The van der Waals surface area contributed by atoms with Gasteiger partial charge in [-0.25, -0.2) is 8.78 Å². The van der Waals surface area contributed by atoms with E-state index in [4.69, 9.17) is 0 Å². The molecule has 11 heteroatoms. The molecule has 0 aliphatic rings. The van der Waals surface area contributed by atoms with E-state index in [9.17, 15) is 13.9 Å². The van der Waals surface area contributed by atoms with Gasteiger partial charge < -0.3 is 9.67 Å². The molecule has 1 N–H and O–H groups in total. The predicted molar refractivity (Wildman–Crippen MR) is 103 cm³/mol. The molecule has 0 radical (unpaired) electrons. The van der Waals surface area contributed by atoms with E-state index in [2.05, 4.69) is 32.4 Å². The highest BCUT2D eigenvalue weighted by atomic mass is 19.3. The fraction of sp³-hybridized carbons (Fsp3) is 0.143. The van der Waals surface area contributed by atoms with Crippen LogP contribution in [0.1, 0.15) is 22.4 Å². The van der Waals surface area contributed by atoms with Crippen molar-refractivity contribution in [3.63, 3.8) is 0 Å². The lowest BCUT2D eigenvalue weighted by Gasteiger charge is -2.35. The lowest BCUT2D eigenvalue weighted by Crippen LogP contribution is -2.50. The SMILES string of the molecule is Cn1ccc(C#Cc2ccc(C(F)(F)C(O)(c3ccc(F)cc3F)n3cnnn3)nc2)c1. The Bertz CT molecular complexity index is 1310. The molecule has 1 atom stereocenters. The second-order valence-corrected chi connectivity index (χ2v) is 6.87. The Hall–Kier alpha value is -4.04. The maximum absolute atomic E-state index is 15.6. The predicted octanol–water partition coefficient (Wildman–Crippen LogP) is 2.57. The number of aryl methyl sites for hydroxylation is 1. The molecule has 0 bridgehead atoms. The van der Waals surface area contributed by atoms with E-state index in [-0.39, 0.29) is 4.68 Å². The molecule has 3 heterocycles. The number of aliphatic hydroxyl groups is 1. The molecular weight excluding hydrogens is 428 g/mol. The molecule has 1 aromatic carbocycles. The molecule has 0 saturated heterocycles. The highest BCUT2D eigenvalue weighted by molar-refractivity contribution is 5.42. The lowest BCUT2D eigenvalue weighted by molar-refractivity contribution is -0.221. The number of tetrazole rings is 1. The number of nitrogens with zero attached hydrogens (tertiary/aromatic N) is 6. The van der Waals surface area contributed by atoms with Gasteiger partial charge in [0, 0.05) is 48.4 Å². The van der Waals surface area contributed by atoms with E-state index in [0.29, 0.717) is 24.0 Å². The number of pyridine rings is 1. The van der Waals surface area contributed by atoms with E-state index in [1.54, 1.807) is 23.0 Å². The third-order valence-corrected chi connectivity index (χ3v) is 4.69. The quantitative estimate of drug-likeness (QED) is 0.388. The molecule has 0 amide bonds. The minimum absolute atomic E-state index is 0.286. The molecule has 0 aliphatic heterocycles. The largest absolute Gasteiger partial charge is 0.360 e. The van der Waals surface area contributed by atoms with Crippen LogP contribution >= 0.6 is 0 Å². The summed E-state index contributed by atoms with van der Waals surface area (Å²) in [6.07, 6.45) is 5.38. The van der Waals surface area contributed by atoms with Gasteiger partial charge in [-0.1, -0.05) is 11.8 Å². The molecule has 1 unspecified atom stereocenters. The zero-order chi connectivity index (χ0) is 22.9. The molecule has 3 aromatic heterocycles. The summed E-state index contributed by atoms with van der Waals surface area (Å²) < 4.78 is 61.1. The standard InChI is InChI=1S/C21H14F4N6O/c1-30-9-8-15(12-30)3-2-14-4-7-19(26-11-14)20(24,25)21(32,31-13-27-28-29-31)17-6-5-16(22)10-18(17)23/h4-13,32H,1H3. The van der Waals surface area contributed by atoms with Crippen molar-refractivity contribution in [2.24, 2.45) is 7.05 Å². The Balaban J connectivity index is 1.76. The molecule has 0 fully saturated rings. The van der Waals surface area contributed by atoms with Crippen molar-refractivity contribution in [1.82, 2.24) is 29.8 Å². The number of hydrogen-bond donors (Lipinski definition) is 1. The molecule has 162 valence electrons. The topological polar surface area (TPSA) is 81.7 Å². The molecule has 0 spiro atoms. The van der Waals surface area contributed by atoms with Gasteiger partial charge in [-0.15, -0.1) is 5.10 Å². The zero-order valence-electron chi connectivity index (χ0n) is 16.4. The molecule has 7 nitrogen and oxygen atoms in total. The van der Waals surface area contributed by atoms with Crippen molar-refractivity contribution in [3.8, 4) is 11.8 Å². The van der Waals surface area contributed by atoms with Gasteiger partial charge in [0.1, 0.15) is 23.7 Å². The fourth-order valence-electron chi connectivity index (χ4n) is 3.07. The number of hydrogen-bond acceptors (Lipinski definition) is 5. The van der Waals surface area contributed by atoms with Gasteiger partial charge in [-0.3, -0.25) is 4.98 Å². The first-order valence-corrected chi connectivity index (χ1v) is 9.11. The smallest absolute Gasteiger partial charge is 0.342 e. The summed E-state index contributed by atoms with van der Waals surface area (Å²) in [4.78, 5) is 3.72. The Morgan fingerprint density at radius 2 is 1.81 bits per heavy atom. The molecule has 0 saturated carbocycles. The second kappa shape index (κ2) is 7.90. The number of rotatable bonds is 4. The summed E-state index contributed by atoms with van der Waals surface area (Å²) >= 11 is 0. The van der Waals surface area contributed by atoms with E-state index < -0.39 is 34.5 Å². The summed E-state index contributed by atoms with van der Waals surface area (Å²) in [5.74, 6) is -0.984. The van der Waals surface area contributed by atoms with Crippen molar-refractivity contribution in [2.75, 3.05) is 0 Å². The van der Waals surface area contributed by atoms with Crippen LogP contribution in [0, 0.1) is 23.5 Å². The van der Waals surface area contributed by atoms with Crippen molar-refractivity contribution in [1.29, 1.82) is 0 Å². The maximum Gasteiger partial charge on any atom is 0.342 e. The molecule has 4 rings (SSSR count). The van der Waals surface area contributed by atoms with Gasteiger partial charge in [0.05, 0.1) is 0 Å². The lowest BCUT2D eigenvalue weighted by atomic mass is 9.92. The van der Waals surface area contributed by atoms with Crippen LogP contribution in [0.3, 0.4) is 0 Å². The zero-order valence-corrected chi connectivity index (χ0v) is 16.4. The van der Waals surface area contributed by atoms with Crippen molar-refractivity contribution in [2.45, 2.75) is 11.6 Å². The third-order valence-electron chi connectivity index (χ3n) is 4.69. The highest BCUT2D eigenvalue weighted by Crippen LogP contribution is 2.46. The molecule has 4 aromatic rings. The van der Waals surface area contributed by atoms with Crippen LogP contribution in [0.15, 0.2) is 61.3 Å². The number of benzene rings is 1. The number of halogens is 4. The number of alkyl halides is 2. The Morgan fingerprint density at radius 1 is 1.03 bits per heavy atom. The van der Waals surface area contributed by atoms with Gasteiger partial charge >= 0.3 is 5.92 Å². The minimum atomic E-state index is -4.23. The maximum atomic E-state index is 15.6. The van der Waals surface area contributed by atoms with Crippen molar-refractivity contribution < 1.29 is 22.7 Å². The van der Waals surface area contributed by atoms with Crippen LogP contribution in [0.25, 0.3) is 0 Å². The van der Waals surface area contributed by atoms with Crippen LogP contribution < -0.4 is 0 Å². The summed E-state index contributed by atoms with van der Waals surface area (Å²) in [7, 11) is 1.83. The average Bonchev–Trinajstić information content (AvgIpc) is 3.44. The van der Waals surface area contributed by atoms with Gasteiger partial charge in [-0.2, -0.15) is 13.5 Å². The van der Waals surface area contributed by atoms with E-state index in [0.717, 1.165) is 23.9 Å². The van der Waals surface area contributed by atoms with Crippen molar-refractivity contribution in [3.05, 3.63) is 95.3 Å². The van der Waals surface area contributed by atoms with Gasteiger partial charge in [0.15, 0.2) is 0 Å². The summed E-state index contributed by atoms with van der Waals surface area (Å²) in [5, 5.41) is 20.9. The second-order valence-electron chi connectivity index (χ2n) is 6.87. The van der Waals surface area contributed by atoms with Gasteiger partial charge in [-0.05, 0) is 40.8 Å². The Kier molecular flexibility index (Phi) is 5.23. The monoisotopic (exact) mass is 442 g/mol. The minimum Gasteiger partial charge on any atom is -0.360 e. The van der Waals surface area contributed by atoms with Crippen LogP contribution in [-0.4, -0.2) is 34.9 Å². The van der Waals surface area contributed by atoms with E-state index >= 15 is 8.78 Å². The Labute approximate surface area is 179 Å². The Morgan fingerprint density at radius 3 is 2.41 bits per heavy atom. The van der Waals surface area contributed by atoms with E-state index in [1.165, 1.54) is 6.07 Å². The first kappa shape index (κ1) is 21.2. The van der Waals surface area contributed by atoms with E-state index in [1.807, 2.05) is 7.05 Å². The summed E-state index contributed by atoms with van der Waals surface area (Å²) in [6.45, 7) is 0. The molecule has 32 heavy (non-hydrogen) atoms. The highest BCUT2D eigenvalue weighted by Gasteiger charge is 2.60. The van der Waals surface area contributed by atoms with Crippen LogP contribution in [0.5, 0.6) is 0 Å². The third kappa shape index (κ3) is 3.61. The summed E-state index contributed by atoms with van der Waals surface area (Å²) in [5.41, 5.74) is -4.21. The van der Waals surface area contributed by atoms with Crippen LogP contribution in [-0.2, 0) is 18.7 Å². The van der Waals surface area contributed by atoms with Crippen LogP contribution in [0.4, 0.5) is 17.6 Å². The van der Waals surface area contributed by atoms with Crippen molar-refractivity contribution >= 4 is 0 Å². The van der Waals surface area contributed by atoms with Gasteiger partial charge in [0.25, 0.3) is 5.72 Å². The first-order valence-electron chi connectivity index (χ1n) is 9.11.